The maximum atomic E-state index is 9.22. The summed E-state index contributed by atoms with van der Waals surface area (Å²) in [6.45, 7) is -0.114. The summed E-state index contributed by atoms with van der Waals surface area (Å²) in [7, 11) is -2.08. The number of halogens is 1. The lowest BCUT2D eigenvalue weighted by Crippen LogP contribution is -1.32. The molecule has 5 heavy (non-hydrogen) atoms. The van der Waals surface area contributed by atoms with Crippen molar-refractivity contribution in [3.8, 4) is 0 Å². The highest BCUT2D eigenvalue weighted by Gasteiger charge is 1.52. The SMILES string of the molecule is O=S(=O)=PCl. The molecule has 0 aromatic rings. The largest absolute Gasteiger partial charge is 0.250 e. The molecule has 0 unspecified atom stereocenters. The molecular weight excluding hydrogens is 130 g/mol. The van der Waals surface area contributed by atoms with Gasteiger partial charge in [-0.05, 0) is 11.2 Å². The predicted octanol–water partition coefficient (Wildman–Crippen LogP) is 0.881. The number of hydrogen-bond donors (Lipinski definition) is 0. The van der Waals surface area contributed by atoms with E-state index in [1.807, 2.05) is 0 Å². The van der Waals surface area contributed by atoms with E-state index < -0.39 is 9.88 Å². The summed E-state index contributed by atoms with van der Waals surface area (Å²) in [5.41, 5.74) is 0. The zero-order valence-corrected chi connectivity index (χ0v) is 4.52. The fourth-order valence-corrected chi connectivity index (χ4v) is 0. The topological polar surface area (TPSA) is 34.1 Å². The van der Waals surface area contributed by atoms with E-state index in [1.165, 1.54) is 0 Å². The second-order valence-electron chi connectivity index (χ2n) is 0.286. The summed E-state index contributed by atoms with van der Waals surface area (Å²) < 4.78 is 18.4. The van der Waals surface area contributed by atoms with Crippen molar-refractivity contribution in [1.82, 2.24) is 0 Å². The van der Waals surface area contributed by atoms with Crippen molar-refractivity contribution >= 4 is 27.8 Å². The summed E-state index contributed by atoms with van der Waals surface area (Å²) in [5, 5.41) is 0. The van der Waals surface area contributed by atoms with E-state index in [0.29, 0.717) is 0 Å². The first kappa shape index (κ1) is 5.41. The first-order chi connectivity index (χ1) is 2.27. The van der Waals surface area contributed by atoms with Crippen LogP contribution in [0.25, 0.3) is 0 Å². The van der Waals surface area contributed by atoms with Gasteiger partial charge in [0, 0.05) is 0 Å². The van der Waals surface area contributed by atoms with Gasteiger partial charge in [-0.3, -0.25) is 0 Å². The molecule has 0 N–H and O–H groups in total. The van der Waals surface area contributed by atoms with Crippen molar-refractivity contribution in [3.05, 3.63) is 0 Å². The fraction of sp³-hybridized carbons (Fsp3) is 0. The molecule has 0 atom stereocenters. The van der Waals surface area contributed by atoms with Gasteiger partial charge < -0.3 is 0 Å². The predicted molar refractivity (Wildman–Crippen MR) is 21.7 cm³/mol. The molecule has 0 rings (SSSR count). The van der Waals surface area contributed by atoms with Crippen molar-refractivity contribution < 1.29 is 8.42 Å². The molecule has 2 nitrogen and oxygen atoms in total. The van der Waals surface area contributed by atoms with Crippen molar-refractivity contribution in [1.29, 1.82) is 0 Å². The second-order valence-corrected chi connectivity index (χ2v) is 3.41. The van der Waals surface area contributed by atoms with E-state index in [2.05, 4.69) is 0 Å². The average molecular weight is 130 g/mol. The highest BCUT2D eigenvalue weighted by atomic mass is 35.7. The molecule has 30 valence electrons. The Labute approximate surface area is 36.9 Å². The summed E-state index contributed by atoms with van der Waals surface area (Å²) in [5.74, 6) is 0. The summed E-state index contributed by atoms with van der Waals surface area (Å²) in [6, 6.07) is 0. The van der Waals surface area contributed by atoms with Crippen molar-refractivity contribution in [2.45, 2.75) is 0 Å². The minimum Gasteiger partial charge on any atom is -0.179 e. The van der Waals surface area contributed by atoms with E-state index in [1.54, 1.807) is 0 Å². The van der Waals surface area contributed by atoms with Crippen LogP contribution in [0.1, 0.15) is 0 Å². The Kier molecular flexibility index (Phi) is 2.85. The van der Waals surface area contributed by atoms with Gasteiger partial charge in [0.2, 0.25) is 0 Å². The van der Waals surface area contributed by atoms with E-state index in [4.69, 9.17) is 11.2 Å². The van der Waals surface area contributed by atoms with Gasteiger partial charge in [-0.25, -0.2) is 0 Å². The standard InChI is InChI=1S/ClO2PS/c1-4-5(2)3. The van der Waals surface area contributed by atoms with E-state index >= 15 is 0 Å². The molecule has 0 aliphatic heterocycles. The van der Waals surface area contributed by atoms with Crippen LogP contribution in [0.15, 0.2) is 0 Å². The summed E-state index contributed by atoms with van der Waals surface area (Å²) in [4.78, 5) is 0. The smallest absolute Gasteiger partial charge is 0.179 e. The van der Waals surface area contributed by atoms with Gasteiger partial charge in [0.1, 0.15) is 6.71 Å². The monoisotopic (exact) mass is 130 g/mol. The molecule has 0 radical (unpaired) electrons. The zero-order chi connectivity index (χ0) is 4.28. The summed E-state index contributed by atoms with van der Waals surface area (Å²) >= 11 is 4.70. The van der Waals surface area contributed by atoms with Gasteiger partial charge in [-0.1, -0.05) is 0 Å². The molecule has 0 saturated heterocycles. The maximum Gasteiger partial charge on any atom is 0.250 e. The molecule has 0 aliphatic carbocycles. The molecule has 5 heteroatoms. The molecule has 0 heterocycles. The van der Waals surface area contributed by atoms with Crippen LogP contribution in [0.2, 0.25) is 0 Å². The first-order valence-corrected chi connectivity index (χ1v) is 4.16. The highest BCUT2D eigenvalue weighted by molar-refractivity contribution is 8.14. The Hall–Kier alpha value is 0.410. The molecule has 0 aromatic heterocycles. The Morgan fingerprint density at radius 3 is 1.80 bits per heavy atom. The fourth-order valence-electron chi connectivity index (χ4n) is 0. The van der Waals surface area contributed by atoms with Gasteiger partial charge in [-0.15, -0.1) is 0 Å². The van der Waals surface area contributed by atoms with Gasteiger partial charge in [0.25, 0.3) is 9.88 Å². The molecule has 0 saturated carbocycles. The van der Waals surface area contributed by atoms with Crippen LogP contribution in [0.5, 0.6) is 0 Å². The van der Waals surface area contributed by atoms with Crippen LogP contribution in [0.4, 0.5) is 0 Å². The zero-order valence-electron chi connectivity index (χ0n) is 2.05. The third-order valence-electron chi connectivity index (χ3n) is 0.0563. The first-order valence-electron chi connectivity index (χ1n) is 0.685. The molecular formula is ClO2PS. The van der Waals surface area contributed by atoms with Crippen LogP contribution >= 0.6 is 17.9 Å². The van der Waals surface area contributed by atoms with Crippen LogP contribution in [-0.4, -0.2) is 8.42 Å². The molecule has 0 spiro atoms. The Balaban J connectivity index is 4.25. The highest BCUT2D eigenvalue weighted by Crippen LogP contribution is 1.97. The number of rotatable bonds is 0. The average Bonchev–Trinajstić information content (AvgIpc) is 1.38. The van der Waals surface area contributed by atoms with Gasteiger partial charge in [0.15, 0.2) is 0 Å². The van der Waals surface area contributed by atoms with Gasteiger partial charge in [0.05, 0.1) is 0 Å². The molecule has 0 aliphatic rings. The minimum absolute atomic E-state index is 0.114. The lowest BCUT2D eigenvalue weighted by Gasteiger charge is -1.33. The lowest BCUT2D eigenvalue weighted by atomic mass is 15.9. The maximum absolute atomic E-state index is 9.22. The second kappa shape index (κ2) is 2.64. The normalized spacial score (nSPS) is 8.20. The van der Waals surface area contributed by atoms with Crippen molar-refractivity contribution in [2.24, 2.45) is 0 Å². The number of hydrogen-bond acceptors (Lipinski definition) is 2. The van der Waals surface area contributed by atoms with E-state index in [9.17, 15) is 8.42 Å². The quantitative estimate of drug-likeness (QED) is 0.456. The third-order valence-corrected chi connectivity index (χ3v) is 1.52. The Morgan fingerprint density at radius 2 is 1.80 bits per heavy atom. The van der Waals surface area contributed by atoms with Crippen LogP contribution in [0.3, 0.4) is 0 Å². The molecule has 0 bridgehead atoms. The third kappa shape index (κ3) is 4.41. The van der Waals surface area contributed by atoms with Crippen molar-refractivity contribution in [2.75, 3.05) is 0 Å². The molecule has 0 fully saturated rings. The van der Waals surface area contributed by atoms with Crippen LogP contribution in [0, 0.1) is 0 Å². The Bertz CT molecular complexity index is 113. The lowest BCUT2D eigenvalue weighted by molar-refractivity contribution is 0.628. The summed E-state index contributed by atoms with van der Waals surface area (Å²) in [6.07, 6.45) is 0. The van der Waals surface area contributed by atoms with E-state index in [-0.39, 0.29) is 6.71 Å². The minimum atomic E-state index is -2.08. The van der Waals surface area contributed by atoms with Crippen molar-refractivity contribution in [3.63, 3.8) is 0 Å². The molecule has 0 aromatic carbocycles. The van der Waals surface area contributed by atoms with Crippen LogP contribution < -0.4 is 0 Å². The van der Waals surface area contributed by atoms with E-state index in [0.717, 1.165) is 0 Å². The van der Waals surface area contributed by atoms with Gasteiger partial charge >= 0.3 is 0 Å². The molecule has 0 amide bonds. The van der Waals surface area contributed by atoms with Gasteiger partial charge in [-0.2, -0.15) is 8.42 Å². The van der Waals surface area contributed by atoms with Crippen LogP contribution in [-0.2, 0) is 9.88 Å². The Morgan fingerprint density at radius 1 is 1.60 bits per heavy atom.